The van der Waals surface area contributed by atoms with Crippen LogP contribution in [-0.2, 0) is 18.9 Å². The predicted octanol–water partition coefficient (Wildman–Crippen LogP) is 6.41. The van der Waals surface area contributed by atoms with Crippen LogP contribution in [0.1, 0.15) is 98.3 Å². The van der Waals surface area contributed by atoms with Crippen molar-refractivity contribution in [1.29, 1.82) is 0 Å². The average molecular weight is 427 g/mol. The highest BCUT2D eigenvalue weighted by molar-refractivity contribution is 4.85. The van der Waals surface area contributed by atoms with Crippen LogP contribution in [0.25, 0.3) is 0 Å². The topological polar surface area (TPSA) is 36.9 Å². The van der Waals surface area contributed by atoms with Crippen LogP contribution in [0.15, 0.2) is 0 Å². The minimum Gasteiger partial charge on any atom is -0.380 e. The highest BCUT2D eigenvalue weighted by Crippen LogP contribution is 2.33. The van der Waals surface area contributed by atoms with Gasteiger partial charge in [-0.15, -0.1) is 0 Å². The second kappa shape index (κ2) is 14.1. The Bertz CT molecular complexity index is 414. The predicted molar refractivity (Wildman–Crippen MR) is 124 cm³/mol. The normalized spacial score (nSPS) is 23.6. The summed E-state index contributed by atoms with van der Waals surface area (Å²) in [5.74, 6) is 0.759. The Kier molecular flexibility index (Phi) is 12.2. The average Bonchev–Trinajstić information content (AvgIpc) is 2.73. The van der Waals surface area contributed by atoms with Crippen molar-refractivity contribution in [1.82, 2.24) is 0 Å². The van der Waals surface area contributed by atoms with Crippen molar-refractivity contribution in [3.05, 3.63) is 0 Å². The number of ether oxygens (including phenoxy) is 4. The fourth-order valence-electron chi connectivity index (χ4n) is 4.43. The molecule has 0 aromatic heterocycles. The molecule has 0 spiro atoms. The van der Waals surface area contributed by atoms with Gasteiger partial charge in [0.1, 0.15) is 0 Å². The molecule has 0 amide bonds. The Hall–Kier alpha value is -0.160. The molecule has 4 heteroatoms. The van der Waals surface area contributed by atoms with Gasteiger partial charge in [-0.25, -0.2) is 0 Å². The molecule has 2 saturated heterocycles. The van der Waals surface area contributed by atoms with Gasteiger partial charge in [0.15, 0.2) is 0 Å². The Labute approximate surface area is 186 Å². The van der Waals surface area contributed by atoms with Crippen LogP contribution < -0.4 is 0 Å². The third-order valence-corrected chi connectivity index (χ3v) is 7.62. The van der Waals surface area contributed by atoms with Crippen molar-refractivity contribution in [3.63, 3.8) is 0 Å². The summed E-state index contributed by atoms with van der Waals surface area (Å²) in [5.41, 5.74) is 0.723. The lowest BCUT2D eigenvalue weighted by Crippen LogP contribution is -2.46. The molecule has 1 aliphatic carbocycles. The van der Waals surface area contributed by atoms with Crippen molar-refractivity contribution in [2.75, 3.05) is 46.2 Å². The molecule has 0 aromatic carbocycles. The molecule has 1 atom stereocenters. The molecule has 0 aromatic rings. The zero-order chi connectivity index (χ0) is 21.7. The lowest BCUT2D eigenvalue weighted by molar-refractivity contribution is -0.163. The number of rotatable bonds is 13. The van der Waals surface area contributed by atoms with Gasteiger partial charge in [-0.05, 0) is 38.0 Å². The standard InChI is InChI=1S/C14H28O2.C12H22O2/c1-4-7-8-13(5-2)9-15-10-14(6-3)11-16-12-14;1-2-12(8-13-9-12)10-14-11-6-4-3-5-7-11/h13H,4-12H2,1-3H3;11H,2-10H2,1H3. The largest absolute Gasteiger partial charge is 0.380 e. The van der Waals surface area contributed by atoms with E-state index in [-0.39, 0.29) is 0 Å². The Morgan fingerprint density at radius 3 is 1.90 bits per heavy atom. The molecule has 1 saturated carbocycles. The lowest BCUT2D eigenvalue weighted by atomic mass is 9.84. The van der Waals surface area contributed by atoms with E-state index in [0.29, 0.717) is 16.9 Å². The monoisotopic (exact) mass is 426 g/mol. The van der Waals surface area contributed by atoms with E-state index in [1.807, 2.05) is 0 Å². The third kappa shape index (κ3) is 8.41. The van der Waals surface area contributed by atoms with E-state index in [0.717, 1.165) is 52.2 Å². The zero-order valence-corrected chi connectivity index (χ0v) is 20.5. The van der Waals surface area contributed by atoms with E-state index in [9.17, 15) is 0 Å². The van der Waals surface area contributed by atoms with E-state index < -0.39 is 0 Å². The second-order valence-corrected chi connectivity index (χ2v) is 10.2. The van der Waals surface area contributed by atoms with Crippen molar-refractivity contribution in [2.24, 2.45) is 16.7 Å². The van der Waals surface area contributed by atoms with Gasteiger partial charge in [0.05, 0.1) is 45.7 Å². The first-order chi connectivity index (χ1) is 14.6. The smallest absolute Gasteiger partial charge is 0.0575 e. The van der Waals surface area contributed by atoms with Crippen molar-refractivity contribution in [3.8, 4) is 0 Å². The molecule has 3 rings (SSSR count). The molecule has 0 bridgehead atoms. The summed E-state index contributed by atoms with van der Waals surface area (Å²) < 4.78 is 22.5. The van der Waals surface area contributed by atoms with E-state index in [1.54, 1.807) is 0 Å². The molecule has 178 valence electrons. The third-order valence-electron chi connectivity index (χ3n) is 7.62. The maximum Gasteiger partial charge on any atom is 0.0575 e. The molecule has 3 fully saturated rings. The van der Waals surface area contributed by atoms with Gasteiger partial charge in [0, 0.05) is 17.4 Å². The quantitative estimate of drug-likeness (QED) is 0.341. The van der Waals surface area contributed by atoms with Crippen LogP contribution >= 0.6 is 0 Å². The number of unbranched alkanes of at least 4 members (excludes halogenated alkanes) is 1. The maximum atomic E-state index is 6.00. The number of hydrogen-bond donors (Lipinski definition) is 0. The van der Waals surface area contributed by atoms with Gasteiger partial charge in [0.25, 0.3) is 0 Å². The molecular formula is C26H50O4. The summed E-state index contributed by atoms with van der Waals surface area (Å²) in [5, 5.41) is 0. The van der Waals surface area contributed by atoms with Gasteiger partial charge >= 0.3 is 0 Å². The Balaban J connectivity index is 0.000000215. The summed E-state index contributed by atoms with van der Waals surface area (Å²) in [7, 11) is 0. The summed E-state index contributed by atoms with van der Waals surface area (Å²) in [6, 6.07) is 0. The molecule has 2 heterocycles. The molecule has 0 N–H and O–H groups in total. The fraction of sp³-hybridized carbons (Fsp3) is 1.00. The van der Waals surface area contributed by atoms with E-state index in [1.165, 1.54) is 70.6 Å². The molecular weight excluding hydrogens is 376 g/mol. The van der Waals surface area contributed by atoms with Crippen molar-refractivity contribution in [2.45, 2.75) is 104 Å². The van der Waals surface area contributed by atoms with Crippen LogP contribution in [-0.4, -0.2) is 52.4 Å². The molecule has 2 aliphatic heterocycles. The van der Waals surface area contributed by atoms with Gasteiger partial charge in [-0.3, -0.25) is 0 Å². The van der Waals surface area contributed by atoms with Gasteiger partial charge in [-0.1, -0.05) is 66.2 Å². The van der Waals surface area contributed by atoms with E-state index in [4.69, 9.17) is 18.9 Å². The van der Waals surface area contributed by atoms with Crippen LogP contribution in [0, 0.1) is 16.7 Å². The Morgan fingerprint density at radius 1 is 0.833 bits per heavy atom. The highest BCUT2D eigenvalue weighted by Gasteiger charge is 2.38. The van der Waals surface area contributed by atoms with Gasteiger partial charge < -0.3 is 18.9 Å². The molecule has 4 nitrogen and oxygen atoms in total. The molecule has 30 heavy (non-hydrogen) atoms. The Morgan fingerprint density at radius 2 is 1.43 bits per heavy atom. The summed E-state index contributed by atoms with van der Waals surface area (Å²) in [6.07, 6.45) is 14.8. The van der Waals surface area contributed by atoms with Gasteiger partial charge in [0.2, 0.25) is 0 Å². The summed E-state index contributed by atoms with van der Waals surface area (Å²) in [6.45, 7) is 15.4. The first kappa shape index (κ1) is 26.1. The SMILES string of the molecule is CCC1(COC2CCCCC2)COC1.CCCCC(CC)COCC1(CC)COC1. The van der Waals surface area contributed by atoms with Crippen LogP contribution in [0.5, 0.6) is 0 Å². The molecule has 3 aliphatic rings. The van der Waals surface area contributed by atoms with Gasteiger partial charge in [-0.2, -0.15) is 0 Å². The second-order valence-electron chi connectivity index (χ2n) is 10.2. The number of hydrogen-bond acceptors (Lipinski definition) is 4. The fourth-order valence-corrected chi connectivity index (χ4v) is 4.43. The summed E-state index contributed by atoms with van der Waals surface area (Å²) in [4.78, 5) is 0. The first-order valence-corrected chi connectivity index (χ1v) is 13.0. The highest BCUT2D eigenvalue weighted by atomic mass is 16.5. The first-order valence-electron chi connectivity index (χ1n) is 13.0. The minimum absolute atomic E-state index is 0.350. The van der Waals surface area contributed by atoms with Crippen LogP contribution in [0.4, 0.5) is 0 Å². The lowest BCUT2D eigenvalue weighted by Gasteiger charge is -2.41. The summed E-state index contributed by atoms with van der Waals surface area (Å²) >= 11 is 0. The zero-order valence-electron chi connectivity index (χ0n) is 20.5. The van der Waals surface area contributed by atoms with Crippen molar-refractivity contribution < 1.29 is 18.9 Å². The minimum atomic E-state index is 0.350. The molecule has 0 radical (unpaired) electrons. The van der Waals surface area contributed by atoms with E-state index >= 15 is 0 Å². The van der Waals surface area contributed by atoms with Crippen LogP contribution in [0.2, 0.25) is 0 Å². The maximum absolute atomic E-state index is 6.00. The van der Waals surface area contributed by atoms with E-state index in [2.05, 4.69) is 27.7 Å². The van der Waals surface area contributed by atoms with Crippen molar-refractivity contribution >= 4 is 0 Å². The van der Waals surface area contributed by atoms with Crippen LogP contribution in [0.3, 0.4) is 0 Å². The molecule has 1 unspecified atom stereocenters.